The fourth-order valence-corrected chi connectivity index (χ4v) is 3.83. The van der Waals surface area contributed by atoms with E-state index in [1.165, 1.54) is 0 Å². The van der Waals surface area contributed by atoms with Crippen LogP contribution in [-0.2, 0) is 9.53 Å². The second-order valence-electron chi connectivity index (χ2n) is 7.54. The Morgan fingerprint density at radius 3 is 2.52 bits per heavy atom. The van der Waals surface area contributed by atoms with Crippen molar-refractivity contribution in [3.63, 3.8) is 0 Å². The van der Waals surface area contributed by atoms with Crippen LogP contribution in [0.1, 0.15) is 60.8 Å². The molecule has 1 N–H and O–H groups in total. The molecule has 4 atom stereocenters. The number of nitrogens with zero attached hydrogens (tertiary/aromatic N) is 1. The van der Waals surface area contributed by atoms with Crippen LogP contribution >= 0.6 is 0 Å². The van der Waals surface area contributed by atoms with Crippen molar-refractivity contribution in [1.82, 2.24) is 10.2 Å². The Bertz CT molecular complexity index is 381. The van der Waals surface area contributed by atoms with Gasteiger partial charge in [-0.1, -0.05) is 34.6 Å². The SMILES string of the molecule is CCOC1CC(N2C(=O)C(CC)NC2CC(C)C)C1(C)C. The van der Waals surface area contributed by atoms with Gasteiger partial charge in [-0.3, -0.25) is 10.1 Å². The Labute approximate surface area is 129 Å². The molecule has 0 aromatic carbocycles. The van der Waals surface area contributed by atoms with E-state index in [-0.39, 0.29) is 29.6 Å². The van der Waals surface area contributed by atoms with Crippen molar-refractivity contribution in [3.8, 4) is 0 Å². The van der Waals surface area contributed by atoms with Crippen molar-refractivity contribution in [1.29, 1.82) is 0 Å². The first-order valence-corrected chi connectivity index (χ1v) is 8.52. The van der Waals surface area contributed by atoms with Crippen LogP contribution in [0.5, 0.6) is 0 Å². The summed E-state index contributed by atoms with van der Waals surface area (Å²) in [6, 6.07) is 0.296. The monoisotopic (exact) mass is 296 g/mol. The Balaban J connectivity index is 2.14. The third kappa shape index (κ3) is 2.98. The van der Waals surface area contributed by atoms with Crippen LogP contribution in [-0.4, -0.2) is 41.8 Å². The zero-order chi connectivity index (χ0) is 15.8. The van der Waals surface area contributed by atoms with Gasteiger partial charge in [-0.25, -0.2) is 0 Å². The lowest BCUT2D eigenvalue weighted by atomic mass is 9.63. The molecule has 1 aliphatic carbocycles. The molecule has 2 fully saturated rings. The van der Waals surface area contributed by atoms with Crippen molar-refractivity contribution < 1.29 is 9.53 Å². The molecule has 0 spiro atoms. The summed E-state index contributed by atoms with van der Waals surface area (Å²) in [5.41, 5.74) is 0.0468. The largest absolute Gasteiger partial charge is 0.378 e. The zero-order valence-corrected chi connectivity index (χ0v) is 14.5. The van der Waals surface area contributed by atoms with Crippen molar-refractivity contribution in [3.05, 3.63) is 0 Å². The normalized spacial score (nSPS) is 35.4. The summed E-state index contributed by atoms with van der Waals surface area (Å²) in [6.07, 6.45) is 3.33. The molecule has 1 aliphatic heterocycles. The van der Waals surface area contributed by atoms with Gasteiger partial charge >= 0.3 is 0 Å². The molecule has 122 valence electrons. The predicted molar refractivity (Wildman–Crippen MR) is 84.9 cm³/mol. The van der Waals surface area contributed by atoms with E-state index in [1.807, 2.05) is 6.92 Å². The van der Waals surface area contributed by atoms with E-state index >= 15 is 0 Å². The maximum absolute atomic E-state index is 12.7. The molecule has 1 saturated heterocycles. The highest BCUT2D eigenvalue weighted by Crippen LogP contribution is 2.47. The van der Waals surface area contributed by atoms with Crippen molar-refractivity contribution in [2.75, 3.05) is 6.61 Å². The number of hydrogen-bond donors (Lipinski definition) is 1. The van der Waals surface area contributed by atoms with Crippen molar-refractivity contribution in [2.24, 2.45) is 11.3 Å². The van der Waals surface area contributed by atoms with Gasteiger partial charge < -0.3 is 9.64 Å². The van der Waals surface area contributed by atoms with Crippen LogP contribution in [0.2, 0.25) is 0 Å². The highest BCUT2D eigenvalue weighted by molar-refractivity contribution is 5.84. The van der Waals surface area contributed by atoms with E-state index in [4.69, 9.17) is 4.74 Å². The van der Waals surface area contributed by atoms with Crippen LogP contribution in [0.3, 0.4) is 0 Å². The van der Waals surface area contributed by atoms with Gasteiger partial charge in [0.25, 0.3) is 0 Å². The predicted octanol–water partition coefficient (Wildman–Crippen LogP) is 2.77. The van der Waals surface area contributed by atoms with Crippen LogP contribution in [0.15, 0.2) is 0 Å². The number of hydrogen-bond acceptors (Lipinski definition) is 3. The topological polar surface area (TPSA) is 41.6 Å². The average molecular weight is 296 g/mol. The second-order valence-corrected chi connectivity index (χ2v) is 7.54. The summed E-state index contributed by atoms with van der Waals surface area (Å²) in [5, 5.41) is 3.54. The molecule has 1 saturated carbocycles. The van der Waals surface area contributed by atoms with Gasteiger partial charge in [0.05, 0.1) is 18.3 Å². The molecular weight excluding hydrogens is 264 g/mol. The Kier molecular flexibility index (Phi) is 4.99. The van der Waals surface area contributed by atoms with Gasteiger partial charge in [-0.05, 0) is 32.1 Å². The standard InChI is InChI=1S/C17H32N2O2/c1-7-12-16(20)19(15(18-12)9-11(3)4)13-10-14(21-8-2)17(13,5)6/h11-15,18H,7-10H2,1-6H3. The first-order chi connectivity index (χ1) is 9.82. The molecule has 4 heteroatoms. The summed E-state index contributed by atoms with van der Waals surface area (Å²) in [4.78, 5) is 14.9. The molecule has 1 amide bonds. The lowest BCUT2D eigenvalue weighted by Gasteiger charge is -2.56. The molecule has 0 aromatic heterocycles. The van der Waals surface area contributed by atoms with Crippen molar-refractivity contribution >= 4 is 5.91 Å². The summed E-state index contributed by atoms with van der Waals surface area (Å²) < 4.78 is 5.83. The molecule has 2 aliphatic rings. The zero-order valence-electron chi connectivity index (χ0n) is 14.5. The lowest BCUT2D eigenvalue weighted by molar-refractivity contribution is -0.168. The summed E-state index contributed by atoms with van der Waals surface area (Å²) in [7, 11) is 0. The molecule has 0 aromatic rings. The number of carbonyl (C=O) groups excluding carboxylic acids is 1. The third-order valence-electron chi connectivity index (χ3n) is 5.21. The quantitative estimate of drug-likeness (QED) is 0.819. The van der Waals surface area contributed by atoms with Crippen LogP contribution in [0, 0.1) is 11.3 Å². The number of ether oxygens (including phenoxy) is 1. The molecule has 2 rings (SSSR count). The second kappa shape index (κ2) is 6.25. The lowest BCUT2D eigenvalue weighted by Crippen LogP contribution is -2.64. The fourth-order valence-electron chi connectivity index (χ4n) is 3.83. The van der Waals surface area contributed by atoms with Crippen molar-refractivity contribution in [2.45, 2.75) is 85.2 Å². The number of rotatable bonds is 6. The van der Waals surface area contributed by atoms with Gasteiger partial charge in [0.2, 0.25) is 5.91 Å². The van der Waals surface area contributed by atoms with E-state index in [1.54, 1.807) is 0 Å². The maximum atomic E-state index is 12.7. The first kappa shape index (κ1) is 16.8. The van der Waals surface area contributed by atoms with Gasteiger partial charge in [0.1, 0.15) is 0 Å². The Morgan fingerprint density at radius 2 is 2.05 bits per heavy atom. The molecule has 4 nitrogen and oxygen atoms in total. The number of carbonyl (C=O) groups is 1. The van der Waals surface area contributed by atoms with Crippen LogP contribution in [0.4, 0.5) is 0 Å². The summed E-state index contributed by atoms with van der Waals surface area (Å²) >= 11 is 0. The highest BCUT2D eigenvalue weighted by atomic mass is 16.5. The molecular formula is C17H32N2O2. The third-order valence-corrected chi connectivity index (χ3v) is 5.21. The van der Waals surface area contributed by atoms with Gasteiger partial charge in [0, 0.05) is 18.1 Å². The van der Waals surface area contributed by atoms with Crippen LogP contribution < -0.4 is 5.32 Å². The minimum absolute atomic E-state index is 0.00399. The fraction of sp³-hybridized carbons (Fsp3) is 0.941. The van der Waals surface area contributed by atoms with E-state index in [9.17, 15) is 4.79 Å². The minimum Gasteiger partial charge on any atom is -0.378 e. The number of amides is 1. The minimum atomic E-state index is -0.00399. The van der Waals surface area contributed by atoms with E-state index in [0.717, 1.165) is 25.9 Å². The summed E-state index contributed by atoms with van der Waals surface area (Å²) in [5.74, 6) is 0.871. The summed E-state index contributed by atoms with van der Waals surface area (Å²) in [6.45, 7) is 13.8. The van der Waals surface area contributed by atoms with Gasteiger partial charge in [-0.2, -0.15) is 0 Å². The van der Waals surface area contributed by atoms with E-state index in [0.29, 0.717) is 12.0 Å². The molecule has 21 heavy (non-hydrogen) atoms. The molecule has 0 bridgehead atoms. The molecule has 1 heterocycles. The van der Waals surface area contributed by atoms with Gasteiger partial charge in [0.15, 0.2) is 0 Å². The van der Waals surface area contributed by atoms with E-state index < -0.39 is 0 Å². The van der Waals surface area contributed by atoms with Gasteiger partial charge in [-0.15, -0.1) is 0 Å². The van der Waals surface area contributed by atoms with Crippen LogP contribution in [0.25, 0.3) is 0 Å². The highest BCUT2D eigenvalue weighted by Gasteiger charge is 2.56. The Hall–Kier alpha value is -0.610. The maximum Gasteiger partial charge on any atom is 0.241 e. The average Bonchev–Trinajstić information content (AvgIpc) is 2.70. The Morgan fingerprint density at radius 1 is 1.38 bits per heavy atom. The smallest absolute Gasteiger partial charge is 0.241 e. The van der Waals surface area contributed by atoms with E-state index in [2.05, 4.69) is 44.8 Å². The molecule has 0 radical (unpaired) electrons. The number of nitrogens with one attached hydrogen (secondary N) is 1. The molecule has 4 unspecified atom stereocenters. The first-order valence-electron chi connectivity index (χ1n) is 8.52.